The normalized spacial score (nSPS) is 16.4. The molecule has 29 heavy (non-hydrogen) atoms. The highest BCUT2D eigenvalue weighted by Gasteiger charge is 2.42. The van der Waals surface area contributed by atoms with Crippen LogP contribution in [-0.2, 0) is 16.0 Å². The van der Waals surface area contributed by atoms with E-state index in [4.69, 9.17) is 12.2 Å². The molecule has 0 aromatic heterocycles. The lowest BCUT2D eigenvalue weighted by molar-refractivity contribution is -0.130. The number of anilines is 1. The molecular formula is C22H24FN3O2S. The number of carbonyl (C=O) groups excluding carboxylic acids is 2. The molecule has 2 amide bonds. The molecule has 0 spiro atoms. The summed E-state index contributed by atoms with van der Waals surface area (Å²) in [6.45, 7) is 2.95. The van der Waals surface area contributed by atoms with E-state index < -0.39 is 6.04 Å². The summed E-state index contributed by atoms with van der Waals surface area (Å²) in [5.41, 5.74) is 1.72. The second-order valence-corrected chi connectivity index (χ2v) is 7.29. The number of nitrogens with one attached hydrogen (secondary N) is 1. The monoisotopic (exact) mass is 413 g/mol. The SMILES string of the molecule is CCN1C(=O)C(CC(=O)Nc2ccc(F)cc2)N(CCCc2ccccc2)C1=S. The molecule has 1 N–H and O–H groups in total. The maximum atomic E-state index is 13.0. The lowest BCUT2D eigenvalue weighted by atomic mass is 10.1. The predicted molar refractivity (Wildman–Crippen MR) is 115 cm³/mol. The van der Waals surface area contributed by atoms with Gasteiger partial charge in [0.1, 0.15) is 11.9 Å². The van der Waals surface area contributed by atoms with E-state index in [0.29, 0.717) is 23.9 Å². The molecule has 1 unspecified atom stereocenters. The largest absolute Gasteiger partial charge is 0.336 e. The molecule has 3 rings (SSSR count). The highest BCUT2D eigenvalue weighted by molar-refractivity contribution is 7.80. The zero-order valence-corrected chi connectivity index (χ0v) is 17.1. The molecule has 1 atom stereocenters. The molecule has 5 nitrogen and oxygen atoms in total. The number of hydrogen-bond acceptors (Lipinski definition) is 3. The molecule has 2 aromatic rings. The first kappa shape index (κ1) is 20.9. The molecule has 1 aliphatic rings. The van der Waals surface area contributed by atoms with Gasteiger partial charge in [0.25, 0.3) is 5.91 Å². The number of halogens is 1. The number of nitrogens with zero attached hydrogens (tertiary/aromatic N) is 2. The molecule has 1 saturated heterocycles. The first-order chi connectivity index (χ1) is 14.0. The van der Waals surface area contributed by atoms with Crippen LogP contribution in [0, 0.1) is 5.82 Å². The van der Waals surface area contributed by atoms with Crippen LogP contribution in [0.4, 0.5) is 10.1 Å². The van der Waals surface area contributed by atoms with Crippen molar-refractivity contribution in [2.24, 2.45) is 0 Å². The van der Waals surface area contributed by atoms with E-state index in [1.54, 1.807) is 4.90 Å². The topological polar surface area (TPSA) is 52.7 Å². The number of amides is 2. The van der Waals surface area contributed by atoms with E-state index in [2.05, 4.69) is 17.4 Å². The molecule has 2 aromatic carbocycles. The Balaban J connectivity index is 1.64. The Kier molecular flexibility index (Phi) is 6.93. The summed E-state index contributed by atoms with van der Waals surface area (Å²) >= 11 is 5.50. The molecular weight excluding hydrogens is 389 g/mol. The van der Waals surface area contributed by atoms with Crippen molar-refractivity contribution in [1.29, 1.82) is 0 Å². The summed E-state index contributed by atoms with van der Waals surface area (Å²) < 4.78 is 13.0. The number of rotatable bonds is 8. The van der Waals surface area contributed by atoms with E-state index in [9.17, 15) is 14.0 Å². The van der Waals surface area contributed by atoms with Gasteiger partial charge < -0.3 is 10.2 Å². The van der Waals surface area contributed by atoms with Gasteiger partial charge in [0.2, 0.25) is 5.91 Å². The fraction of sp³-hybridized carbons (Fsp3) is 0.318. The van der Waals surface area contributed by atoms with Crippen LogP contribution in [0.3, 0.4) is 0 Å². The van der Waals surface area contributed by atoms with Gasteiger partial charge >= 0.3 is 0 Å². The van der Waals surface area contributed by atoms with Gasteiger partial charge in [-0.1, -0.05) is 30.3 Å². The van der Waals surface area contributed by atoms with Gasteiger partial charge in [-0.3, -0.25) is 14.5 Å². The third kappa shape index (κ3) is 5.17. The number of likely N-dealkylation sites (N-methyl/N-ethyl adjacent to an activating group) is 1. The van der Waals surface area contributed by atoms with Crippen molar-refractivity contribution in [2.75, 3.05) is 18.4 Å². The average molecular weight is 414 g/mol. The summed E-state index contributed by atoms with van der Waals surface area (Å²) in [4.78, 5) is 28.7. The summed E-state index contributed by atoms with van der Waals surface area (Å²) in [7, 11) is 0. The van der Waals surface area contributed by atoms with E-state index in [1.807, 2.05) is 30.0 Å². The average Bonchev–Trinajstić information content (AvgIpc) is 2.94. The van der Waals surface area contributed by atoms with Crippen LogP contribution in [0.15, 0.2) is 54.6 Å². The number of carbonyl (C=O) groups is 2. The molecule has 0 bridgehead atoms. The van der Waals surface area contributed by atoms with Crippen molar-refractivity contribution in [3.05, 3.63) is 66.0 Å². The van der Waals surface area contributed by atoms with Gasteiger partial charge in [0.15, 0.2) is 5.11 Å². The highest BCUT2D eigenvalue weighted by Crippen LogP contribution is 2.22. The van der Waals surface area contributed by atoms with Crippen LogP contribution in [0.5, 0.6) is 0 Å². The fourth-order valence-electron chi connectivity index (χ4n) is 3.45. The molecule has 1 fully saturated rings. The van der Waals surface area contributed by atoms with E-state index in [0.717, 1.165) is 12.8 Å². The van der Waals surface area contributed by atoms with E-state index >= 15 is 0 Å². The van der Waals surface area contributed by atoms with Crippen LogP contribution in [0.25, 0.3) is 0 Å². The molecule has 152 valence electrons. The second kappa shape index (κ2) is 9.60. The molecule has 1 aliphatic heterocycles. The maximum Gasteiger partial charge on any atom is 0.252 e. The quantitative estimate of drug-likeness (QED) is 0.672. The van der Waals surface area contributed by atoms with Crippen LogP contribution in [0.1, 0.15) is 25.3 Å². The Morgan fingerprint density at radius 1 is 1.14 bits per heavy atom. The van der Waals surface area contributed by atoms with Crippen molar-refractivity contribution in [1.82, 2.24) is 9.80 Å². The molecule has 0 radical (unpaired) electrons. The number of hydrogen-bond donors (Lipinski definition) is 1. The van der Waals surface area contributed by atoms with Gasteiger partial charge in [-0.25, -0.2) is 4.39 Å². The first-order valence-electron chi connectivity index (χ1n) is 9.71. The molecule has 7 heteroatoms. The van der Waals surface area contributed by atoms with Gasteiger partial charge in [0.05, 0.1) is 6.42 Å². The first-order valence-corrected chi connectivity index (χ1v) is 10.1. The zero-order valence-electron chi connectivity index (χ0n) is 16.3. The molecule has 0 aliphatic carbocycles. The van der Waals surface area contributed by atoms with E-state index in [-0.39, 0.29) is 24.1 Å². The van der Waals surface area contributed by atoms with Crippen molar-refractivity contribution in [2.45, 2.75) is 32.2 Å². The summed E-state index contributed by atoms with van der Waals surface area (Å²) in [6, 6.07) is 15.0. The Labute approximate surface area is 175 Å². The smallest absolute Gasteiger partial charge is 0.252 e. The summed E-state index contributed by atoms with van der Waals surface area (Å²) in [6.07, 6.45) is 1.69. The standard InChI is InChI=1S/C22H24FN3O2S/c1-2-25-21(28)19(15-20(27)24-18-12-10-17(23)11-13-18)26(22(25)29)14-6-9-16-7-4-3-5-8-16/h3-5,7-8,10-13,19H,2,6,9,14-15H2,1H3,(H,24,27). The Morgan fingerprint density at radius 3 is 2.48 bits per heavy atom. The fourth-order valence-corrected chi connectivity index (χ4v) is 3.89. The Morgan fingerprint density at radius 2 is 1.83 bits per heavy atom. The van der Waals surface area contributed by atoms with Crippen LogP contribution in [0.2, 0.25) is 0 Å². The van der Waals surface area contributed by atoms with Crippen molar-refractivity contribution in [3.63, 3.8) is 0 Å². The van der Waals surface area contributed by atoms with Crippen LogP contribution >= 0.6 is 12.2 Å². The third-order valence-corrected chi connectivity index (χ3v) is 5.39. The van der Waals surface area contributed by atoms with Gasteiger partial charge in [-0.05, 0) is 61.8 Å². The molecule has 1 heterocycles. The minimum Gasteiger partial charge on any atom is -0.336 e. The number of thiocarbonyl (C=S) groups is 1. The lowest BCUT2D eigenvalue weighted by Gasteiger charge is -2.23. The van der Waals surface area contributed by atoms with Crippen molar-refractivity contribution in [3.8, 4) is 0 Å². The molecule has 0 saturated carbocycles. The summed E-state index contributed by atoms with van der Waals surface area (Å²) in [5, 5.41) is 3.20. The number of aryl methyl sites for hydroxylation is 1. The number of benzene rings is 2. The van der Waals surface area contributed by atoms with Crippen molar-refractivity contribution >= 4 is 34.8 Å². The Hall–Kier alpha value is -2.80. The lowest BCUT2D eigenvalue weighted by Crippen LogP contribution is -2.38. The van der Waals surface area contributed by atoms with Gasteiger partial charge in [-0.15, -0.1) is 0 Å². The van der Waals surface area contributed by atoms with Gasteiger partial charge in [0, 0.05) is 18.8 Å². The Bertz CT molecular complexity index is 873. The zero-order chi connectivity index (χ0) is 20.8. The highest BCUT2D eigenvalue weighted by atomic mass is 32.1. The minimum absolute atomic E-state index is 0.00180. The predicted octanol–water partition coefficient (Wildman–Crippen LogP) is 3.60. The van der Waals surface area contributed by atoms with Crippen molar-refractivity contribution < 1.29 is 14.0 Å². The van der Waals surface area contributed by atoms with Crippen LogP contribution < -0.4 is 5.32 Å². The second-order valence-electron chi connectivity index (χ2n) is 6.92. The third-order valence-electron chi connectivity index (χ3n) is 4.93. The van der Waals surface area contributed by atoms with Gasteiger partial charge in [-0.2, -0.15) is 0 Å². The van der Waals surface area contributed by atoms with Crippen LogP contribution in [-0.4, -0.2) is 45.9 Å². The van der Waals surface area contributed by atoms with E-state index in [1.165, 1.54) is 29.8 Å². The summed E-state index contributed by atoms with van der Waals surface area (Å²) in [5.74, 6) is -0.822. The minimum atomic E-state index is -0.612. The maximum absolute atomic E-state index is 13.0.